The van der Waals surface area contributed by atoms with Crippen LogP contribution in [0.1, 0.15) is 22.8 Å². The number of hydrogen-bond acceptors (Lipinski definition) is 2. The predicted octanol–water partition coefficient (Wildman–Crippen LogP) is 13.8. The summed E-state index contributed by atoms with van der Waals surface area (Å²) in [4.78, 5) is 17.7. The number of nitrogens with zero attached hydrogens (tertiary/aromatic N) is 2. The van der Waals surface area contributed by atoms with E-state index in [1.807, 2.05) is 0 Å². The van der Waals surface area contributed by atoms with E-state index in [-0.39, 0.29) is 0 Å². The smallest absolute Gasteiger partial charge is 0.0658 e. The SMILES string of the molecule is C1=Cc2cc3[nH]c(cc4nc(cc5ccc(cc1n2)[nH]5)C=C4)c(-c1ccc2ccc4cccc5ccc1c2c45)c3-c1ccc2ccc3cccc4ccc1c2c34. The molecule has 0 fully saturated rings. The Balaban J connectivity index is 1.23. The highest BCUT2D eigenvalue weighted by molar-refractivity contribution is 6.29. The summed E-state index contributed by atoms with van der Waals surface area (Å²) in [6, 6.07) is 53.5. The van der Waals surface area contributed by atoms with Crippen LogP contribution in [0.15, 0.2) is 146 Å². The van der Waals surface area contributed by atoms with Crippen molar-refractivity contribution in [1.29, 1.82) is 0 Å². The first-order chi connectivity index (χ1) is 27.7. The van der Waals surface area contributed by atoms with Gasteiger partial charge in [-0.3, -0.25) is 0 Å². The molecule has 0 saturated heterocycles. The van der Waals surface area contributed by atoms with Crippen LogP contribution in [0.25, 0.3) is 133 Å². The fourth-order valence-corrected chi connectivity index (χ4v) is 9.54. The molecule has 2 N–H and O–H groups in total. The van der Waals surface area contributed by atoms with E-state index >= 15 is 0 Å². The molecule has 4 nitrogen and oxygen atoms in total. The maximum atomic E-state index is 5.11. The summed E-state index contributed by atoms with van der Waals surface area (Å²) in [6.45, 7) is 0. The summed E-state index contributed by atoms with van der Waals surface area (Å²) < 4.78 is 0. The van der Waals surface area contributed by atoms with Gasteiger partial charge in [-0.15, -0.1) is 0 Å². The number of rotatable bonds is 2. The lowest BCUT2D eigenvalue weighted by Crippen LogP contribution is -1.90. The second kappa shape index (κ2) is 11.0. The van der Waals surface area contributed by atoms with Crippen LogP contribution in [0.5, 0.6) is 0 Å². The van der Waals surface area contributed by atoms with Gasteiger partial charge in [-0.05, 0) is 136 Å². The standard InChI is InChI=1S/C52H30N4/c1-3-29-7-9-33-13-23-43(41-21-11-31(5-1)47(29)49(33)41)51-45-27-39-19-17-37(54-39)25-35-15-16-36(53-35)26-38-18-20-40(55-38)28-46(56-45)52(51)44-24-14-34-10-8-30-4-2-6-32-12-22-42(44)50(34)48(30)32/h1-28,53,56H. The van der Waals surface area contributed by atoms with Gasteiger partial charge in [-0.25, -0.2) is 9.97 Å². The van der Waals surface area contributed by atoms with Crippen LogP contribution in [0.4, 0.5) is 0 Å². The molecule has 3 aromatic heterocycles. The molecule has 0 aliphatic carbocycles. The van der Waals surface area contributed by atoms with Crippen molar-refractivity contribution in [2.24, 2.45) is 0 Å². The van der Waals surface area contributed by atoms with Gasteiger partial charge in [0, 0.05) is 33.2 Å². The summed E-state index contributed by atoms with van der Waals surface area (Å²) in [6.07, 6.45) is 8.40. The first-order valence-corrected chi connectivity index (χ1v) is 19.1. The highest BCUT2D eigenvalue weighted by atomic mass is 14.8. The van der Waals surface area contributed by atoms with E-state index in [9.17, 15) is 0 Å². The Morgan fingerprint density at radius 3 is 1.14 bits per heavy atom. The zero-order valence-electron chi connectivity index (χ0n) is 30.1. The molecule has 0 radical (unpaired) electrons. The van der Waals surface area contributed by atoms with Gasteiger partial charge in [0.05, 0.1) is 22.8 Å². The van der Waals surface area contributed by atoms with E-state index in [0.717, 1.165) is 56.0 Å². The minimum Gasteiger partial charge on any atom is -0.355 e. The number of fused-ring (bicyclic) bond motifs is 8. The normalized spacial score (nSPS) is 12.9. The Morgan fingerprint density at radius 2 is 0.696 bits per heavy atom. The molecule has 11 aromatic rings. The molecular weight excluding hydrogens is 681 g/mol. The first-order valence-electron chi connectivity index (χ1n) is 19.1. The lowest BCUT2D eigenvalue weighted by Gasteiger charge is -2.17. The van der Waals surface area contributed by atoms with E-state index in [2.05, 4.69) is 180 Å². The summed E-state index contributed by atoms with van der Waals surface area (Å²) in [5.74, 6) is 0. The monoisotopic (exact) mass is 710 g/mol. The highest BCUT2D eigenvalue weighted by Crippen LogP contribution is 2.48. The van der Waals surface area contributed by atoms with Crippen molar-refractivity contribution in [2.45, 2.75) is 0 Å². The molecule has 56 heavy (non-hydrogen) atoms. The van der Waals surface area contributed by atoms with Crippen molar-refractivity contribution in [3.05, 3.63) is 168 Å². The Bertz CT molecular complexity index is 3440. The van der Waals surface area contributed by atoms with Crippen LogP contribution in [0, 0.1) is 0 Å². The van der Waals surface area contributed by atoms with Crippen molar-refractivity contribution in [3.63, 3.8) is 0 Å². The van der Waals surface area contributed by atoms with E-state index in [4.69, 9.17) is 9.97 Å². The zero-order chi connectivity index (χ0) is 36.5. The maximum Gasteiger partial charge on any atom is 0.0658 e. The molecule has 5 heterocycles. The van der Waals surface area contributed by atoms with Gasteiger partial charge < -0.3 is 9.97 Å². The van der Waals surface area contributed by atoms with E-state index in [0.29, 0.717) is 0 Å². The minimum atomic E-state index is 0.893. The molecular formula is C52H30N4. The molecule has 0 saturated carbocycles. The van der Waals surface area contributed by atoms with Crippen LogP contribution < -0.4 is 0 Å². The Kier molecular flexibility index (Phi) is 5.86. The fraction of sp³-hybridized carbons (Fsp3) is 0. The topological polar surface area (TPSA) is 57.4 Å². The maximum absolute atomic E-state index is 5.11. The number of aromatic nitrogens is 4. The van der Waals surface area contributed by atoms with Crippen LogP contribution in [-0.4, -0.2) is 19.9 Å². The average Bonchev–Trinajstić information content (AvgIpc) is 4.05. The summed E-state index contributed by atoms with van der Waals surface area (Å²) in [5, 5.41) is 15.2. The number of aromatic amines is 2. The molecule has 4 heteroatoms. The third-order valence-electron chi connectivity index (χ3n) is 11.9. The molecule has 0 unspecified atom stereocenters. The van der Waals surface area contributed by atoms with Crippen LogP contribution in [0.2, 0.25) is 0 Å². The van der Waals surface area contributed by atoms with Crippen LogP contribution in [0.3, 0.4) is 0 Å². The molecule has 0 amide bonds. The van der Waals surface area contributed by atoms with Gasteiger partial charge in [0.1, 0.15) is 0 Å². The third-order valence-corrected chi connectivity index (χ3v) is 11.9. The van der Waals surface area contributed by atoms with Crippen molar-refractivity contribution < 1.29 is 0 Å². The van der Waals surface area contributed by atoms with Crippen molar-refractivity contribution >= 4 is 111 Å². The molecule has 0 spiro atoms. The van der Waals surface area contributed by atoms with Crippen molar-refractivity contribution in [1.82, 2.24) is 19.9 Å². The van der Waals surface area contributed by atoms with E-state index in [1.165, 1.54) is 75.8 Å². The van der Waals surface area contributed by atoms with Crippen molar-refractivity contribution in [2.75, 3.05) is 0 Å². The van der Waals surface area contributed by atoms with Gasteiger partial charge >= 0.3 is 0 Å². The third kappa shape index (κ3) is 4.29. The highest BCUT2D eigenvalue weighted by Gasteiger charge is 2.23. The first kappa shape index (κ1) is 29.8. The Labute approximate surface area is 320 Å². The fourth-order valence-electron chi connectivity index (χ4n) is 9.54. The zero-order valence-corrected chi connectivity index (χ0v) is 30.1. The van der Waals surface area contributed by atoms with Gasteiger partial charge in [0.2, 0.25) is 0 Å². The Hall–Kier alpha value is -7.56. The van der Waals surface area contributed by atoms with E-state index < -0.39 is 0 Å². The minimum absolute atomic E-state index is 0.893. The summed E-state index contributed by atoms with van der Waals surface area (Å²) >= 11 is 0. The quantitative estimate of drug-likeness (QED) is 0.176. The largest absolute Gasteiger partial charge is 0.355 e. The summed E-state index contributed by atoms with van der Waals surface area (Å²) in [7, 11) is 0. The molecule has 2 aliphatic heterocycles. The van der Waals surface area contributed by atoms with E-state index in [1.54, 1.807) is 0 Å². The van der Waals surface area contributed by atoms with Crippen LogP contribution in [-0.2, 0) is 0 Å². The second-order valence-electron chi connectivity index (χ2n) is 15.2. The molecule has 0 atom stereocenters. The van der Waals surface area contributed by atoms with Gasteiger partial charge in [-0.2, -0.15) is 0 Å². The lowest BCUT2D eigenvalue weighted by atomic mass is 9.85. The van der Waals surface area contributed by atoms with Gasteiger partial charge in [-0.1, -0.05) is 109 Å². The van der Waals surface area contributed by atoms with Crippen LogP contribution >= 0.6 is 0 Å². The molecule has 13 rings (SSSR count). The number of benzene rings is 8. The predicted molar refractivity (Wildman–Crippen MR) is 237 cm³/mol. The van der Waals surface area contributed by atoms with Crippen molar-refractivity contribution in [3.8, 4) is 22.3 Å². The Morgan fingerprint density at radius 1 is 0.321 bits per heavy atom. The molecule has 258 valence electrons. The number of H-pyrrole nitrogens is 2. The number of hydrogen-bond donors (Lipinski definition) is 2. The molecule has 8 aromatic carbocycles. The van der Waals surface area contributed by atoms with Gasteiger partial charge in [0.25, 0.3) is 0 Å². The average molecular weight is 711 g/mol. The molecule has 8 bridgehead atoms. The van der Waals surface area contributed by atoms with Gasteiger partial charge in [0.15, 0.2) is 0 Å². The lowest BCUT2D eigenvalue weighted by molar-refractivity contribution is 1.31. The molecule has 2 aliphatic rings. The summed E-state index contributed by atoms with van der Waals surface area (Å²) in [5.41, 5.74) is 12.2. The number of nitrogens with one attached hydrogen (secondary N) is 2. The second-order valence-corrected chi connectivity index (χ2v) is 15.2.